The van der Waals surface area contributed by atoms with Gasteiger partial charge in [-0.3, -0.25) is 5.41 Å². The van der Waals surface area contributed by atoms with Crippen molar-refractivity contribution in [2.45, 2.75) is 25.8 Å². The third kappa shape index (κ3) is 2.59. The van der Waals surface area contributed by atoms with Crippen molar-refractivity contribution in [2.75, 3.05) is 0 Å². The average molecular weight is 242 g/mol. The summed E-state index contributed by atoms with van der Waals surface area (Å²) >= 11 is 0. The van der Waals surface area contributed by atoms with Crippen LogP contribution in [0.5, 0.6) is 0 Å². The zero-order chi connectivity index (χ0) is 13.0. The van der Waals surface area contributed by atoms with Gasteiger partial charge in [-0.1, -0.05) is 37.3 Å². The molecule has 1 atom stereocenters. The third-order valence-electron chi connectivity index (χ3n) is 3.07. The summed E-state index contributed by atoms with van der Waals surface area (Å²) in [5.74, 6) is 1.12. The van der Waals surface area contributed by atoms with E-state index in [1.165, 1.54) is 0 Å². The summed E-state index contributed by atoms with van der Waals surface area (Å²) in [6.45, 7) is 2.74. The van der Waals surface area contributed by atoms with Gasteiger partial charge in [0.15, 0.2) is 0 Å². The first kappa shape index (κ1) is 12.4. The lowest BCUT2D eigenvalue weighted by Crippen LogP contribution is -2.25. The Labute approximate surface area is 107 Å². The molecule has 18 heavy (non-hydrogen) atoms. The predicted octanol–water partition coefficient (Wildman–Crippen LogP) is 2.17. The van der Waals surface area contributed by atoms with Crippen molar-refractivity contribution in [3.8, 4) is 0 Å². The van der Waals surface area contributed by atoms with Gasteiger partial charge in [-0.15, -0.1) is 0 Å². The van der Waals surface area contributed by atoms with Crippen LogP contribution < -0.4 is 5.73 Å². The summed E-state index contributed by atoms with van der Waals surface area (Å²) in [7, 11) is 0. The molecule has 4 nitrogen and oxygen atoms in total. The van der Waals surface area contributed by atoms with E-state index < -0.39 is 0 Å². The molecule has 0 saturated heterocycles. The Morgan fingerprint density at radius 1 is 1.39 bits per heavy atom. The van der Waals surface area contributed by atoms with Crippen molar-refractivity contribution >= 4 is 5.84 Å². The maximum absolute atomic E-state index is 7.76. The molecular weight excluding hydrogens is 224 g/mol. The molecule has 1 aromatic heterocycles. The van der Waals surface area contributed by atoms with Crippen molar-refractivity contribution in [1.29, 1.82) is 5.41 Å². The van der Waals surface area contributed by atoms with E-state index in [-0.39, 0.29) is 11.8 Å². The third-order valence-corrected chi connectivity index (χ3v) is 3.07. The number of nitrogens with one attached hydrogen (secondary N) is 1. The zero-order valence-electron chi connectivity index (χ0n) is 10.5. The lowest BCUT2D eigenvalue weighted by atomic mass is 9.98. The molecule has 0 fully saturated rings. The Bertz CT molecular complexity index is 516. The van der Waals surface area contributed by atoms with Crippen LogP contribution in [-0.2, 0) is 13.0 Å². The van der Waals surface area contributed by atoms with Crippen LogP contribution in [0.15, 0.2) is 42.7 Å². The molecule has 0 saturated carbocycles. The van der Waals surface area contributed by atoms with E-state index in [4.69, 9.17) is 11.1 Å². The summed E-state index contributed by atoms with van der Waals surface area (Å²) in [6, 6.07) is 9.93. The van der Waals surface area contributed by atoms with E-state index in [2.05, 4.69) is 16.5 Å². The number of aryl methyl sites for hydroxylation is 1. The highest BCUT2D eigenvalue weighted by molar-refractivity contribution is 5.84. The van der Waals surface area contributed by atoms with Crippen LogP contribution in [0.3, 0.4) is 0 Å². The Hall–Kier alpha value is -2.10. The van der Waals surface area contributed by atoms with Gasteiger partial charge in [0.2, 0.25) is 0 Å². The fraction of sp³-hybridized carbons (Fsp3) is 0.286. The van der Waals surface area contributed by atoms with Crippen LogP contribution >= 0.6 is 0 Å². The van der Waals surface area contributed by atoms with Gasteiger partial charge in [-0.25, -0.2) is 4.98 Å². The molecule has 2 aromatic rings. The van der Waals surface area contributed by atoms with Gasteiger partial charge in [-0.2, -0.15) is 0 Å². The van der Waals surface area contributed by atoms with E-state index in [0.29, 0.717) is 6.54 Å². The fourth-order valence-electron chi connectivity index (χ4n) is 2.09. The van der Waals surface area contributed by atoms with Gasteiger partial charge in [0, 0.05) is 25.4 Å². The first-order valence-electron chi connectivity index (χ1n) is 6.11. The number of hydrogen-bond acceptors (Lipinski definition) is 2. The number of aromatic nitrogens is 2. The number of nitrogens with zero attached hydrogens (tertiary/aromatic N) is 2. The van der Waals surface area contributed by atoms with Crippen molar-refractivity contribution in [2.24, 2.45) is 5.73 Å². The zero-order valence-corrected chi connectivity index (χ0v) is 10.5. The molecule has 94 valence electrons. The molecule has 1 aromatic carbocycles. The minimum Gasteiger partial charge on any atom is -0.387 e. The maximum atomic E-state index is 7.76. The molecule has 0 aliphatic rings. The fourth-order valence-corrected chi connectivity index (χ4v) is 2.09. The molecule has 0 spiro atoms. The SMILES string of the molecule is CCc1nccn1CC(C(=N)N)c1ccccc1. The topological polar surface area (TPSA) is 67.7 Å². The second kappa shape index (κ2) is 5.49. The molecule has 1 heterocycles. The van der Waals surface area contributed by atoms with Gasteiger partial charge in [-0.05, 0) is 5.56 Å². The summed E-state index contributed by atoms with van der Waals surface area (Å²) in [5.41, 5.74) is 6.80. The van der Waals surface area contributed by atoms with Crippen LogP contribution in [0.4, 0.5) is 0 Å². The number of imidazole rings is 1. The maximum Gasteiger partial charge on any atom is 0.108 e. The lowest BCUT2D eigenvalue weighted by molar-refractivity contribution is 0.622. The minimum absolute atomic E-state index is 0.0919. The van der Waals surface area contributed by atoms with Gasteiger partial charge in [0.1, 0.15) is 5.82 Å². The standard InChI is InChI=1S/C14H18N4/c1-2-13-17-8-9-18(13)10-12(14(15)16)11-6-4-3-5-7-11/h3-9,12H,2,10H2,1H3,(H3,15,16). The number of hydrogen-bond donors (Lipinski definition) is 2. The average Bonchev–Trinajstić information content (AvgIpc) is 2.83. The predicted molar refractivity (Wildman–Crippen MR) is 72.7 cm³/mol. The Morgan fingerprint density at radius 2 is 2.11 bits per heavy atom. The van der Waals surface area contributed by atoms with Crippen LogP contribution in [0, 0.1) is 5.41 Å². The summed E-state index contributed by atoms with van der Waals surface area (Å²) in [5, 5.41) is 7.76. The van der Waals surface area contributed by atoms with Gasteiger partial charge < -0.3 is 10.3 Å². The van der Waals surface area contributed by atoms with E-state index in [9.17, 15) is 0 Å². The van der Waals surface area contributed by atoms with Crippen LogP contribution in [0.1, 0.15) is 24.2 Å². The number of rotatable bonds is 5. The number of amidine groups is 1. The normalized spacial score (nSPS) is 12.3. The molecule has 0 aliphatic heterocycles. The van der Waals surface area contributed by atoms with E-state index in [1.54, 1.807) is 6.20 Å². The van der Waals surface area contributed by atoms with E-state index >= 15 is 0 Å². The van der Waals surface area contributed by atoms with E-state index in [1.807, 2.05) is 36.5 Å². The first-order valence-corrected chi connectivity index (χ1v) is 6.11. The molecule has 0 aliphatic carbocycles. The molecule has 4 heteroatoms. The Kier molecular flexibility index (Phi) is 3.77. The molecule has 1 unspecified atom stereocenters. The summed E-state index contributed by atoms with van der Waals surface area (Å²) < 4.78 is 2.07. The minimum atomic E-state index is -0.0919. The summed E-state index contributed by atoms with van der Waals surface area (Å²) in [6.07, 6.45) is 4.62. The Morgan fingerprint density at radius 3 is 2.72 bits per heavy atom. The molecule has 0 bridgehead atoms. The van der Waals surface area contributed by atoms with Crippen molar-refractivity contribution in [3.63, 3.8) is 0 Å². The second-order valence-corrected chi connectivity index (χ2v) is 4.27. The molecular formula is C14H18N4. The monoisotopic (exact) mass is 242 g/mol. The van der Waals surface area contributed by atoms with E-state index in [0.717, 1.165) is 17.8 Å². The number of nitrogens with two attached hydrogens (primary N) is 1. The van der Waals surface area contributed by atoms with Crippen LogP contribution in [0.2, 0.25) is 0 Å². The van der Waals surface area contributed by atoms with Gasteiger partial charge >= 0.3 is 0 Å². The van der Waals surface area contributed by atoms with Crippen LogP contribution in [0.25, 0.3) is 0 Å². The summed E-state index contributed by atoms with van der Waals surface area (Å²) in [4.78, 5) is 4.29. The van der Waals surface area contributed by atoms with Gasteiger partial charge in [0.25, 0.3) is 0 Å². The first-order chi connectivity index (χ1) is 8.72. The highest BCUT2D eigenvalue weighted by atomic mass is 15.1. The quantitative estimate of drug-likeness (QED) is 0.623. The second-order valence-electron chi connectivity index (χ2n) is 4.27. The Balaban J connectivity index is 2.25. The molecule has 2 rings (SSSR count). The van der Waals surface area contributed by atoms with Crippen molar-refractivity contribution < 1.29 is 0 Å². The van der Waals surface area contributed by atoms with Crippen LogP contribution in [-0.4, -0.2) is 15.4 Å². The van der Waals surface area contributed by atoms with Crippen molar-refractivity contribution in [1.82, 2.24) is 9.55 Å². The number of benzene rings is 1. The smallest absolute Gasteiger partial charge is 0.108 e. The molecule has 0 radical (unpaired) electrons. The van der Waals surface area contributed by atoms with Gasteiger partial charge in [0.05, 0.1) is 11.8 Å². The highest BCUT2D eigenvalue weighted by Gasteiger charge is 2.16. The molecule has 0 amide bonds. The highest BCUT2D eigenvalue weighted by Crippen LogP contribution is 2.18. The lowest BCUT2D eigenvalue weighted by Gasteiger charge is -2.17. The van der Waals surface area contributed by atoms with Crippen molar-refractivity contribution in [3.05, 3.63) is 54.1 Å². The molecule has 3 N–H and O–H groups in total. The largest absolute Gasteiger partial charge is 0.387 e.